The van der Waals surface area contributed by atoms with E-state index in [1.807, 2.05) is 6.07 Å². The van der Waals surface area contributed by atoms with Crippen LogP contribution in [-0.2, 0) is 0 Å². The molecule has 0 aliphatic heterocycles. The lowest BCUT2D eigenvalue weighted by atomic mass is 10.3. The second kappa shape index (κ2) is 3.68. The molecule has 0 unspecified atom stereocenters. The highest BCUT2D eigenvalue weighted by Crippen LogP contribution is 2.38. The standard InChI is InChI=1S/C9H7Cl2N5/c10-7-12-8(11)14-9(13-7)16-4-3-6(15-16)5-1-2-5/h3-5H,1-2H2. The van der Waals surface area contributed by atoms with Crippen molar-refractivity contribution in [1.82, 2.24) is 24.7 Å². The summed E-state index contributed by atoms with van der Waals surface area (Å²) >= 11 is 11.4. The molecule has 0 amide bonds. The Balaban J connectivity index is 2.00. The third-order valence-electron chi connectivity index (χ3n) is 2.38. The molecular formula is C9H7Cl2N5. The zero-order valence-electron chi connectivity index (χ0n) is 8.14. The Morgan fingerprint density at radius 2 is 1.81 bits per heavy atom. The van der Waals surface area contributed by atoms with Gasteiger partial charge < -0.3 is 0 Å². The van der Waals surface area contributed by atoms with Gasteiger partial charge in [0.05, 0.1) is 5.69 Å². The monoisotopic (exact) mass is 255 g/mol. The molecule has 7 heteroatoms. The molecule has 0 saturated heterocycles. The summed E-state index contributed by atoms with van der Waals surface area (Å²) in [7, 11) is 0. The van der Waals surface area contributed by atoms with Crippen molar-refractivity contribution in [3.05, 3.63) is 28.5 Å². The van der Waals surface area contributed by atoms with Crippen LogP contribution in [0.1, 0.15) is 24.5 Å². The number of hydrogen-bond acceptors (Lipinski definition) is 4. The van der Waals surface area contributed by atoms with Crippen LogP contribution in [0.4, 0.5) is 0 Å². The second-order valence-corrected chi connectivity index (χ2v) is 4.31. The number of halogens is 2. The van der Waals surface area contributed by atoms with E-state index in [1.165, 1.54) is 12.8 Å². The highest BCUT2D eigenvalue weighted by Gasteiger charge is 2.26. The molecule has 82 valence electrons. The number of rotatable bonds is 2. The lowest BCUT2D eigenvalue weighted by Gasteiger charge is -1.99. The minimum Gasteiger partial charge on any atom is -0.206 e. The third-order valence-corrected chi connectivity index (χ3v) is 2.72. The van der Waals surface area contributed by atoms with Crippen molar-refractivity contribution in [3.8, 4) is 5.95 Å². The zero-order chi connectivity index (χ0) is 11.1. The Bertz CT molecular complexity index is 514. The summed E-state index contributed by atoms with van der Waals surface area (Å²) in [5, 5.41) is 4.51. The van der Waals surface area contributed by atoms with E-state index in [0.29, 0.717) is 11.9 Å². The van der Waals surface area contributed by atoms with Gasteiger partial charge in [-0.1, -0.05) is 0 Å². The average molecular weight is 256 g/mol. The van der Waals surface area contributed by atoms with Crippen LogP contribution in [0.15, 0.2) is 12.3 Å². The molecule has 0 radical (unpaired) electrons. The van der Waals surface area contributed by atoms with Gasteiger partial charge in [-0.3, -0.25) is 0 Å². The fourth-order valence-electron chi connectivity index (χ4n) is 1.46. The molecule has 0 aromatic carbocycles. The minimum atomic E-state index is 0.0680. The van der Waals surface area contributed by atoms with Crippen molar-refractivity contribution in [3.63, 3.8) is 0 Å². The first-order valence-electron chi connectivity index (χ1n) is 4.85. The maximum atomic E-state index is 5.69. The highest BCUT2D eigenvalue weighted by atomic mass is 35.5. The van der Waals surface area contributed by atoms with Crippen LogP contribution in [0.5, 0.6) is 0 Å². The molecule has 1 aliphatic carbocycles. The van der Waals surface area contributed by atoms with Crippen LogP contribution in [0.25, 0.3) is 5.95 Å². The van der Waals surface area contributed by atoms with Crippen molar-refractivity contribution in [2.45, 2.75) is 18.8 Å². The Morgan fingerprint density at radius 1 is 1.12 bits per heavy atom. The van der Waals surface area contributed by atoms with Crippen LogP contribution >= 0.6 is 23.2 Å². The van der Waals surface area contributed by atoms with Gasteiger partial charge in [0, 0.05) is 12.1 Å². The van der Waals surface area contributed by atoms with E-state index in [4.69, 9.17) is 23.2 Å². The Morgan fingerprint density at radius 3 is 2.44 bits per heavy atom. The van der Waals surface area contributed by atoms with Crippen molar-refractivity contribution in [2.75, 3.05) is 0 Å². The number of aromatic nitrogens is 5. The second-order valence-electron chi connectivity index (χ2n) is 3.63. The SMILES string of the molecule is Clc1nc(Cl)nc(-n2ccc(C3CC3)n2)n1. The molecule has 2 aromatic rings. The highest BCUT2D eigenvalue weighted by molar-refractivity contribution is 6.31. The van der Waals surface area contributed by atoms with E-state index in [2.05, 4.69) is 20.1 Å². The molecule has 5 nitrogen and oxygen atoms in total. The summed E-state index contributed by atoms with van der Waals surface area (Å²) in [6.45, 7) is 0. The molecule has 2 aromatic heterocycles. The van der Waals surface area contributed by atoms with E-state index in [1.54, 1.807) is 10.9 Å². The summed E-state index contributed by atoms with van der Waals surface area (Å²) in [4.78, 5) is 11.6. The average Bonchev–Trinajstić information content (AvgIpc) is 2.95. The van der Waals surface area contributed by atoms with Gasteiger partial charge in [-0.25, -0.2) is 4.68 Å². The van der Waals surface area contributed by atoms with E-state index >= 15 is 0 Å². The summed E-state index contributed by atoms with van der Waals surface area (Å²) in [5.41, 5.74) is 1.06. The maximum Gasteiger partial charge on any atom is 0.256 e. The first-order chi connectivity index (χ1) is 7.72. The summed E-state index contributed by atoms with van der Waals surface area (Å²) in [6, 6.07) is 1.96. The van der Waals surface area contributed by atoms with Gasteiger partial charge in [-0.05, 0) is 42.1 Å². The third kappa shape index (κ3) is 1.88. The van der Waals surface area contributed by atoms with Gasteiger partial charge in [0.2, 0.25) is 10.6 Å². The predicted molar refractivity (Wildman–Crippen MR) is 58.9 cm³/mol. The van der Waals surface area contributed by atoms with Crippen LogP contribution in [-0.4, -0.2) is 24.7 Å². The van der Waals surface area contributed by atoms with Crippen molar-refractivity contribution < 1.29 is 0 Å². The van der Waals surface area contributed by atoms with Gasteiger partial charge in [0.25, 0.3) is 5.95 Å². The molecule has 0 bridgehead atoms. The molecule has 1 saturated carbocycles. The topological polar surface area (TPSA) is 56.5 Å². The largest absolute Gasteiger partial charge is 0.256 e. The van der Waals surface area contributed by atoms with Gasteiger partial charge in [-0.15, -0.1) is 0 Å². The van der Waals surface area contributed by atoms with E-state index in [9.17, 15) is 0 Å². The summed E-state index contributed by atoms with van der Waals surface area (Å²) in [6.07, 6.45) is 4.21. The first-order valence-corrected chi connectivity index (χ1v) is 5.61. The molecule has 1 aliphatic rings. The van der Waals surface area contributed by atoms with E-state index in [0.717, 1.165) is 5.69 Å². The Hall–Kier alpha value is -1.20. The lowest BCUT2D eigenvalue weighted by Crippen LogP contribution is -2.04. The van der Waals surface area contributed by atoms with Crippen LogP contribution in [0.3, 0.4) is 0 Å². The van der Waals surface area contributed by atoms with Crippen molar-refractivity contribution in [1.29, 1.82) is 0 Å². The Labute approximate surface area is 101 Å². The smallest absolute Gasteiger partial charge is 0.206 e. The van der Waals surface area contributed by atoms with Gasteiger partial charge in [0.1, 0.15) is 0 Å². The fraction of sp³-hybridized carbons (Fsp3) is 0.333. The predicted octanol–water partition coefficient (Wildman–Crippen LogP) is 2.24. The summed E-state index contributed by atoms with van der Waals surface area (Å²) < 4.78 is 1.56. The van der Waals surface area contributed by atoms with E-state index < -0.39 is 0 Å². The molecule has 0 spiro atoms. The van der Waals surface area contributed by atoms with Crippen molar-refractivity contribution in [2.24, 2.45) is 0 Å². The van der Waals surface area contributed by atoms with Crippen LogP contribution in [0, 0.1) is 0 Å². The number of hydrogen-bond donors (Lipinski definition) is 0. The zero-order valence-corrected chi connectivity index (χ0v) is 9.65. The Kier molecular flexibility index (Phi) is 2.29. The van der Waals surface area contributed by atoms with Gasteiger partial charge >= 0.3 is 0 Å². The van der Waals surface area contributed by atoms with Crippen LogP contribution < -0.4 is 0 Å². The minimum absolute atomic E-state index is 0.0680. The summed E-state index contributed by atoms with van der Waals surface area (Å²) in [5.74, 6) is 0.936. The van der Waals surface area contributed by atoms with Gasteiger partial charge in [0.15, 0.2) is 0 Å². The molecule has 0 atom stereocenters. The van der Waals surface area contributed by atoms with E-state index in [-0.39, 0.29) is 10.6 Å². The molecule has 1 fully saturated rings. The van der Waals surface area contributed by atoms with Crippen molar-refractivity contribution >= 4 is 23.2 Å². The first kappa shape index (κ1) is 9.99. The maximum absolute atomic E-state index is 5.69. The molecule has 0 N–H and O–H groups in total. The molecule has 3 rings (SSSR count). The lowest BCUT2D eigenvalue weighted by molar-refractivity contribution is 0.773. The molecule has 2 heterocycles. The fourth-order valence-corrected chi connectivity index (χ4v) is 1.82. The molecular weight excluding hydrogens is 249 g/mol. The number of nitrogens with zero attached hydrogens (tertiary/aromatic N) is 5. The normalized spacial score (nSPS) is 15.4. The quantitative estimate of drug-likeness (QED) is 0.826. The van der Waals surface area contributed by atoms with Gasteiger partial charge in [-0.2, -0.15) is 20.1 Å². The molecule has 16 heavy (non-hydrogen) atoms. The van der Waals surface area contributed by atoms with Crippen LogP contribution in [0.2, 0.25) is 10.6 Å².